The lowest BCUT2D eigenvalue weighted by molar-refractivity contribution is 0.248. The Balaban J connectivity index is 1.70. The molecule has 0 atom stereocenters. The number of rotatable bonds is 4. The molecule has 0 bridgehead atoms. The van der Waals surface area contributed by atoms with Crippen LogP contribution in [0.3, 0.4) is 0 Å². The molecule has 1 heterocycles. The van der Waals surface area contributed by atoms with Crippen LogP contribution in [0.1, 0.15) is 24.0 Å². The van der Waals surface area contributed by atoms with Gasteiger partial charge in [-0.05, 0) is 43.4 Å². The predicted molar refractivity (Wildman–Crippen MR) is 88.4 cm³/mol. The molecule has 1 saturated heterocycles. The number of nitrogens with two attached hydrogens (primary N) is 1. The molecule has 0 amide bonds. The molecule has 0 radical (unpaired) electrons. The zero-order valence-corrected chi connectivity index (χ0v) is 13.0. The monoisotopic (exact) mass is 289 g/mol. The number of hydrogen-bond acceptors (Lipinski definition) is 3. The van der Waals surface area contributed by atoms with Gasteiger partial charge in [-0.15, -0.1) is 0 Å². The van der Waals surface area contributed by atoms with Crippen LogP contribution < -0.4 is 10.6 Å². The average Bonchev–Trinajstić information content (AvgIpc) is 3.23. The SMILES string of the molecule is Cc1ccc(C(N)=S)c(N2CCN(CC3CC3)CC2)c1. The van der Waals surface area contributed by atoms with E-state index in [1.165, 1.54) is 30.6 Å². The van der Waals surface area contributed by atoms with E-state index in [1.807, 2.05) is 0 Å². The highest BCUT2D eigenvalue weighted by Gasteiger charge is 2.27. The maximum absolute atomic E-state index is 5.87. The first-order chi connectivity index (χ1) is 9.63. The number of anilines is 1. The van der Waals surface area contributed by atoms with Gasteiger partial charge in [0.25, 0.3) is 0 Å². The fourth-order valence-electron chi connectivity index (χ4n) is 2.95. The summed E-state index contributed by atoms with van der Waals surface area (Å²) in [5.74, 6) is 0.979. The fraction of sp³-hybridized carbons (Fsp3) is 0.562. The second-order valence-electron chi connectivity index (χ2n) is 6.12. The third-order valence-electron chi connectivity index (χ3n) is 4.34. The first-order valence-electron chi connectivity index (χ1n) is 7.51. The van der Waals surface area contributed by atoms with Gasteiger partial charge in [-0.2, -0.15) is 0 Å². The Kier molecular flexibility index (Phi) is 3.94. The van der Waals surface area contributed by atoms with Crippen LogP contribution in [0.25, 0.3) is 0 Å². The van der Waals surface area contributed by atoms with Crippen LogP contribution in [0.5, 0.6) is 0 Å². The molecule has 1 aliphatic heterocycles. The zero-order chi connectivity index (χ0) is 14.1. The lowest BCUT2D eigenvalue weighted by Crippen LogP contribution is -2.47. The van der Waals surface area contributed by atoms with Crippen LogP contribution in [-0.4, -0.2) is 42.6 Å². The molecule has 108 valence electrons. The van der Waals surface area contributed by atoms with Crippen molar-refractivity contribution in [3.8, 4) is 0 Å². The van der Waals surface area contributed by atoms with E-state index in [1.54, 1.807) is 0 Å². The third kappa shape index (κ3) is 3.13. The summed E-state index contributed by atoms with van der Waals surface area (Å²) < 4.78 is 0. The number of thiocarbonyl (C=S) groups is 1. The lowest BCUT2D eigenvalue weighted by Gasteiger charge is -2.37. The summed E-state index contributed by atoms with van der Waals surface area (Å²) in [7, 11) is 0. The van der Waals surface area contributed by atoms with E-state index in [9.17, 15) is 0 Å². The molecule has 2 aliphatic rings. The van der Waals surface area contributed by atoms with Crippen molar-refractivity contribution in [2.24, 2.45) is 11.7 Å². The minimum atomic E-state index is 0.500. The Labute approximate surface area is 126 Å². The maximum atomic E-state index is 5.87. The quantitative estimate of drug-likeness (QED) is 0.861. The van der Waals surface area contributed by atoms with E-state index in [0.717, 1.165) is 37.7 Å². The van der Waals surface area contributed by atoms with Gasteiger partial charge in [0.15, 0.2) is 0 Å². The average molecular weight is 289 g/mol. The highest BCUT2D eigenvalue weighted by molar-refractivity contribution is 7.80. The Bertz CT molecular complexity index is 502. The molecule has 0 unspecified atom stereocenters. The van der Waals surface area contributed by atoms with Crippen molar-refractivity contribution < 1.29 is 0 Å². The van der Waals surface area contributed by atoms with Crippen molar-refractivity contribution in [1.82, 2.24) is 4.90 Å². The molecule has 2 fully saturated rings. The Morgan fingerprint density at radius 2 is 1.95 bits per heavy atom. The smallest absolute Gasteiger partial charge is 0.106 e. The van der Waals surface area contributed by atoms with Gasteiger partial charge in [0.2, 0.25) is 0 Å². The highest BCUT2D eigenvalue weighted by Crippen LogP contribution is 2.30. The van der Waals surface area contributed by atoms with Gasteiger partial charge in [-0.3, -0.25) is 4.90 Å². The normalized spacial score (nSPS) is 20.1. The molecular weight excluding hydrogens is 266 g/mol. The standard InChI is InChI=1S/C16H23N3S/c1-12-2-5-14(16(17)20)15(10-12)19-8-6-18(7-9-19)11-13-3-4-13/h2,5,10,13H,3-4,6-9,11H2,1H3,(H2,17,20). The summed E-state index contributed by atoms with van der Waals surface area (Å²) in [6.07, 6.45) is 2.87. The number of piperazine rings is 1. The summed E-state index contributed by atoms with van der Waals surface area (Å²) >= 11 is 5.19. The predicted octanol–water partition coefficient (Wildman–Crippen LogP) is 2.16. The number of benzene rings is 1. The van der Waals surface area contributed by atoms with Crippen molar-refractivity contribution in [2.45, 2.75) is 19.8 Å². The van der Waals surface area contributed by atoms with Crippen LogP contribution >= 0.6 is 12.2 Å². The lowest BCUT2D eigenvalue weighted by atomic mass is 10.1. The summed E-state index contributed by atoms with van der Waals surface area (Å²) in [5.41, 5.74) is 9.36. The van der Waals surface area contributed by atoms with Crippen LogP contribution in [0.2, 0.25) is 0 Å². The molecule has 0 aromatic heterocycles. The van der Waals surface area contributed by atoms with Gasteiger partial charge < -0.3 is 10.6 Å². The number of hydrogen-bond donors (Lipinski definition) is 1. The van der Waals surface area contributed by atoms with Gasteiger partial charge in [-0.1, -0.05) is 18.3 Å². The van der Waals surface area contributed by atoms with Crippen LogP contribution in [0.4, 0.5) is 5.69 Å². The van der Waals surface area contributed by atoms with Crippen molar-refractivity contribution in [3.63, 3.8) is 0 Å². The molecule has 3 rings (SSSR count). The summed E-state index contributed by atoms with van der Waals surface area (Å²) in [6, 6.07) is 6.36. The second-order valence-corrected chi connectivity index (χ2v) is 6.56. The molecule has 3 nitrogen and oxygen atoms in total. The Hall–Kier alpha value is -1.13. The summed E-state index contributed by atoms with van der Waals surface area (Å²) in [5, 5.41) is 0. The topological polar surface area (TPSA) is 32.5 Å². The van der Waals surface area contributed by atoms with E-state index in [0.29, 0.717) is 4.99 Å². The molecule has 2 N–H and O–H groups in total. The van der Waals surface area contributed by atoms with Crippen molar-refractivity contribution in [1.29, 1.82) is 0 Å². The second kappa shape index (κ2) is 5.70. The first-order valence-corrected chi connectivity index (χ1v) is 7.92. The van der Waals surface area contributed by atoms with Crippen LogP contribution in [-0.2, 0) is 0 Å². The van der Waals surface area contributed by atoms with Gasteiger partial charge in [0, 0.05) is 44.0 Å². The third-order valence-corrected chi connectivity index (χ3v) is 4.56. The zero-order valence-electron chi connectivity index (χ0n) is 12.1. The minimum absolute atomic E-state index is 0.500. The van der Waals surface area contributed by atoms with Crippen molar-refractivity contribution >= 4 is 22.9 Å². The number of nitrogens with zero attached hydrogens (tertiary/aromatic N) is 2. The molecular formula is C16H23N3S. The van der Waals surface area contributed by atoms with E-state index >= 15 is 0 Å². The van der Waals surface area contributed by atoms with E-state index < -0.39 is 0 Å². The molecule has 20 heavy (non-hydrogen) atoms. The van der Waals surface area contributed by atoms with E-state index in [2.05, 4.69) is 34.9 Å². The fourth-order valence-corrected chi connectivity index (χ4v) is 3.12. The van der Waals surface area contributed by atoms with Gasteiger partial charge >= 0.3 is 0 Å². The molecule has 1 aromatic carbocycles. The van der Waals surface area contributed by atoms with Crippen LogP contribution in [0, 0.1) is 12.8 Å². The molecule has 0 spiro atoms. The molecule has 1 aliphatic carbocycles. The summed E-state index contributed by atoms with van der Waals surface area (Å²) in [6.45, 7) is 7.88. The Morgan fingerprint density at radius 3 is 2.55 bits per heavy atom. The Morgan fingerprint density at radius 1 is 1.25 bits per heavy atom. The van der Waals surface area contributed by atoms with E-state index in [4.69, 9.17) is 18.0 Å². The highest BCUT2D eigenvalue weighted by atomic mass is 32.1. The van der Waals surface area contributed by atoms with Crippen molar-refractivity contribution in [2.75, 3.05) is 37.6 Å². The molecule has 1 aromatic rings. The van der Waals surface area contributed by atoms with Gasteiger partial charge in [0.1, 0.15) is 4.99 Å². The molecule has 4 heteroatoms. The molecule has 1 saturated carbocycles. The first kappa shape index (κ1) is 13.8. The maximum Gasteiger partial charge on any atom is 0.106 e. The van der Waals surface area contributed by atoms with Crippen LogP contribution in [0.15, 0.2) is 18.2 Å². The number of aryl methyl sites for hydroxylation is 1. The van der Waals surface area contributed by atoms with Gasteiger partial charge in [0.05, 0.1) is 0 Å². The summed E-state index contributed by atoms with van der Waals surface area (Å²) in [4.78, 5) is 5.54. The van der Waals surface area contributed by atoms with Gasteiger partial charge in [-0.25, -0.2) is 0 Å². The minimum Gasteiger partial charge on any atom is -0.389 e. The van der Waals surface area contributed by atoms with E-state index in [-0.39, 0.29) is 0 Å². The van der Waals surface area contributed by atoms with Crippen molar-refractivity contribution in [3.05, 3.63) is 29.3 Å². The largest absolute Gasteiger partial charge is 0.389 e.